The average molecular weight is 237 g/mol. The van der Waals surface area contributed by atoms with Crippen molar-refractivity contribution >= 4 is 17.4 Å². The molecule has 0 aromatic carbocycles. The Kier molecular flexibility index (Phi) is 4.07. The summed E-state index contributed by atoms with van der Waals surface area (Å²) in [6.45, 7) is 0. The van der Waals surface area contributed by atoms with Crippen molar-refractivity contribution in [3.05, 3.63) is 24.0 Å². The molecule has 2 heterocycles. The first-order valence-corrected chi connectivity index (χ1v) is 6.83. The van der Waals surface area contributed by atoms with E-state index in [9.17, 15) is 0 Å². The third-order valence-electron chi connectivity index (χ3n) is 3.17. The van der Waals surface area contributed by atoms with Gasteiger partial charge in [0, 0.05) is 29.4 Å². The van der Waals surface area contributed by atoms with Gasteiger partial charge < -0.3 is 11.1 Å². The largest absolute Gasteiger partial charge is 0.398 e. The second kappa shape index (κ2) is 5.55. The molecule has 2 atom stereocenters. The summed E-state index contributed by atoms with van der Waals surface area (Å²) in [5, 5.41) is 4.14. The monoisotopic (exact) mass is 237 g/mol. The molecular formula is C12H19N3S. The maximum Gasteiger partial charge on any atom is 0.0378 e. The predicted molar refractivity (Wildman–Crippen MR) is 70.7 cm³/mol. The first-order chi connectivity index (χ1) is 7.81. The van der Waals surface area contributed by atoms with Crippen LogP contribution in [0.25, 0.3) is 0 Å². The molecule has 1 saturated heterocycles. The Bertz CT molecular complexity index is 337. The maximum absolute atomic E-state index is 5.95. The summed E-state index contributed by atoms with van der Waals surface area (Å²) in [6, 6.07) is 2.39. The molecule has 16 heavy (non-hydrogen) atoms. The molecule has 1 aromatic heterocycles. The summed E-state index contributed by atoms with van der Waals surface area (Å²) in [5.74, 6) is 1.30. The number of anilines is 1. The van der Waals surface area contributed by atoms with Crippen LogP contribution in [0.2, 0.25) is 0 Å². The zero-order valence-corrected chi connectivity index (χ0v) is 10.5. The highest BCUT2D eigenvalue weighted by molar-refractivity contribution is 8.00. The lowest BCUT2D eigenvalue weighted by molar-refractivity contribution is 0.524. The lowest BCUT2D eigenvalue weighted by Crippen LogP contribution is -2.36. The van der Waals surface area contributed by atoms with Crippen LogP contribution in [0, 0.1) is 0 Å². The highest BCUT2D eigenvalue weighted by Crippen LogP contribution is 2.30. The second-order valence-corrected chi connectivity index (χ2v) is 5.57. The quantitative estimate of drug-likeness (QED) is 0.837. The van der Waals surface area contributed by atoms with Crippen LogP contribution in [0.15, 0.2) is 18.5 Å². The first-order valence-electron chi connectivity index (χ1n) is 5.78. The van der Waals surface area contributed by atoms with Crippen LogP contribution >= 0.6 is 11.8 Å². The minimum absolute atomic E-state index is 0.513. The third kappa shape index (κ3) is 2.68. The molecule has 0 saturated carbocycles. The van der Waals surface area contributed by atoms with Crippen molar-refractivity contribution in [2.75, 3.05) is 18.5 Å². The van der Waals surface area contributed by atoms with Gasteiger partial charge >= 0.3 is 0 Å². The summed E-state index contributed by atoms with van der Waals surface area (Å²) in [6.07, 6.45) is 7.27. The highest BCUT2D eigenvalue weighted by Gasteiger charge is 2.24. The number of rotatable bonds is 4. The standard InChI is InChI=1S/C12H19N3S/c1-14-11(12-3-2-6-16-12)7-9-8-15-5-4-10(9)13/h4-5,8,11-12,14H,2-3,6-7H2,1H3,(H2,13,15). The van der Waals surface area contributed by atoms with Crippen LogP contribution in [0.1, 0.15) is 18.4 Å². The van der Waals surface area contributed by atoms with Crippen molar-refractivity contribution in [1.82, 2.24) is 10.3 Å². The van der Waals surface area contributed by atoms with Gasteiger partial charge in [-0.2, -0.15) is 11.8 Å². The van der Waals surface area contributed by atoms with Crippen molar-refractivity contribution in [2.24, 2.45) is 0 Å². The molecule has 3 N–H and O–H groups in total. The van der Waals surface area contributed by atoms with Crippen molar-refractivity contribution in [3.8, 4) is 0 Å². The molecule has 0 amide bonds. The topological polar surface area (TPSA) is 50.9 Å². The molecule has 1 aliphatic heterocycles. The number of aromatic nitrogens is 1. The van der Waals surface area contributed by atoms with E-state index in [0.717, 1.165) is 22.9 Å². The Morgan fingerprint density at radius 2 is 2.56 bits per heavy atom. The van der Waals surface area contributed by atoms with Gasteiger partial charge in [-0.25, -0.2) is 0 Å². The van der Waals surface area contributed by atoms with Crippen molar-refractivity contribution in [3.63, 3.8) is 0 Å². The maximum atomic E-state index is 5.95. The van der Waals surface area contributed by atoms with Gasteiger partial charge in [0.2, 0.25) is 0 Å². The second-order valence-electron chi connectivity index (χ2n) is 4.23. The minimum atomic E-state index is 0.513. The number of hydrogen-bond donors (Lipinski definition) is 2. The van der Waals surface area contributed by atoms with E-state index < -0.39 is 0 Å². The summed E-state index contributed by atoms with van der Waals surface area (Å²) in [5.41, 5.74) is 7.97. The van der Waals surface area contributed by atoms with Crippen molar-refractivity contribution in [2.45, 2.75) is 30.6 Å². The molecule has 0 bridgehead atoms. The molecule has 0 aliphatic carbocycles. The Labute approximate surface area is 101 Å². The fraction of sp³-hybridized carbons (Fsp3) is 0.583. The highest BCUT2D eigenvalue weighted by atomic mass is 32.2. The average Bonchev–Trinajstić information content (AvgIpc) is 2.81. The molecule has 1 aliphatic rings. The predicted octanol–water partition coefficient (Wildman–Crippen LogP) is 1.69. The van der Waals surface area contributed by atoms with Gasteiger partial charge in [0.15, 0.2) is 0 Å². The van der Waals surface area contributed by atoms with E-state index in [-0.39, 0.29) is 0 Å². The van der Waals surface area contributed by atoms with Gasteiger partial charge in [-0.1, -0.05) is 0 Å². The van der Waals surface area contributed by atoms with Gasteiger partial charge in [-0.3, -0.25) is 4.98 Å². The Morgan fingerprint density at radius 3 is 3.19 bits per heavy atom. The van der Waals surface area contributed by atoms with Crippen molar-refractivity contribution < 1.29 is 0 Å². The zero-order valence-electron chi connectivity index (χ0n) is 9.65. The molecule has 3 nitrogen and oxygen atoms in total. The summed E-state index contributed by atoms with van der Waals surface area (Å²) < 4.78 is 0. The molecular weight excluding hydrogens is 218 g/mol. The number of hydrogen-bond acceptors (Lipinski definition) is 4. The molecule has 0 spiro atoms. The smallest absolute Gasteiger partial charge is 0.0378 e. The Balaban J connectivity index is 2.03. The number of thioether (sulfide) groups is 1. The van der Waals surface area contributed by atoms with E-state index in [4.69, 9.17) is 5.73 Å². The normalized spacial score (nSPS) is 22.2. The SMILES string of the molecule is CNC(Cc1cnccc1N)C1CCCS1. The van der Waals surface area contributed by atoms with E-state index in [1.165, 1.54) is 18.6 Å². The van der Waals surface area contributed by atoms with E-state index >= 15 is 0 Å². The van der Waals surface area contributed by atoms with Gasteiger partial charge in [0.25, 0.3) is 0 Å². The summed E-state index contributed by atoms with van der Waals surface area (Å²) in [7, 11) is 2.04. The number of nitrogen functional groups attached to an aromatic ring is 1. The lowest BCUT2D eigenvalue weighted by atomic mass is 10.0. The van der Waals surface area contributed by atoms with Gasteiger partial charge in [0.05, 0.1) is 0 Å². The third-order valence-corrected chi connectivity index (χ3v) is 4.68. The van der Waals surface area contributed by atoms with Crippen LogP contribution < -0.4 is 11.1 Å². The van der Waals surface area contributed by atoms with E-state index in [2.05, 4.69) is 22.1 Å². The Hall–Kier alpha value is -0.740. The van der Waals surface area contributed by atoms with Crippen LogP contribution in [0.4, 0.5) is 5.69 Å². The van der Waals surface area contributed by atoms with E-state index in [1.807, 2.05) is 19.3 Å². The van der Waals surface area contributed by atoms with E-state index in [1.54, 1.807) is 6.20 Å². The fourth-order valence-electron chi connectivity index (χ4n) is 2.18. The number of nitrogens with one attached hydrogen (secondary N) is 1. The zero-order chi connectivity index (χ0) is 11.4. The van der Waals surface area contributed by atoms with Crippen LogP contribution in [0.3, 0.4) is 0 Å². The molecule has 2 rings (SSSR count). The van der Waals surface area contributed by atoms with Crippen molar-refractivity contribution in [1.29, 1.82) is 0 Å². The molecule has 88 valence electrons. The molecule has 1 fully saturated rings. The Morgan fingerprint density at radius 1 is 1.69 bits per heavy atom. The molecule has 0 radical (unpaired) electrons. The van der Waals surface area contributed by atoms with Gasteiger partial charge in [-0.05, 0) is 43.7 Å². The van der Waals surface area contributed by atoms with Crippen LogP contribution in [-0.4, -0.2) is 29.1 Å². The summed E-state index contributed by atoms with van der Waals surface area (Å²) in [4.78, 5) is 4.14. The molecule has 2 unspecified atom stereocenters. The number of nitrogens with two attached hydrogens (primary N) is 1. The number of nitrogens with zero attached hydrogens (tertiary/aromatic N) is 1. The van der Waals surface area contributed by atoms with Crippen LogP contribution in [-0.2, 0) is 6.42 Å². The minimum Gasteiger partial charge on any atom is -0.398 e. The van der Waals surface area contributed by atoms with E-state index in [0.29, 0.717) is 6.04 Å². The van der Waals surface area contributed by atoms with Gasteiger partial charge in [0.1, 0.15) is 0 Å². The first kappa shape index (κ1) is 11.7. The summed E-state index contributed by atoms with van der Waals surface area (Å²) >= 11 is 2.08. The fourth-order valence-corrected chi connectivity index (χ4v) is 3.62. The molecule has 4 heteroatoms. The number of likely N-dealkylation sites (N-methyl/N-ethyl adjacent to an activating group) is 1. The van der Waals surface area contributed by atoms with Gasteiger partial charge in [-0.15, -0.1) is 0 Å². The lowest BCUT2D eigenvalue weighted by Gasteiger charge is -2.22. The van der Waals surface area contributed by atoms with Crippen LogP contribution in [0.5, 0.6) is 0 Å². The number of pyridine rings is 1. The molecule has 1 aromatic rings.